The van der Waals surface area contributed by atoms with E-state index in [9.17, 15) is 26.0 Å². The van der Waals surface area contributed by atoms with Crippen molar-refractivity contribution in [2.45, 2.75) is 24.0 Å². The lowest BCUT2D eigenvalue weighted by Gasteiger charge is -2.23. The fourth-order valence-corrected chi connectivity index (χ4v) is 2.82. The summed E-state index contributed by atoms with van der Waals surface area (Å²) in [6, 6.07) is 0.924. The standard InChI is InChI=1S/C11H14F4N2O2S.ClH/c1-7(6-16)17(2)20(18,19)8-3-4-9(10(12)5-8)11(13,14)15;/h3-5,7H,6,16H2,1-2H3;1H. The van der Waals surface area contributed by atoms with E-state index in [1.165, 1.54) is 14.0 Å². The highest BCUT2D eigenvalue weighted by atomic mass is 35.5. The molecule has 0 fully saturated rings. The fourth-order valence-electron chi connectivity index (χ4n) is 1.44. The van der Waals surface area contributed by atoms with Gasteiger partial charge in [-0.05, 0) is 25.1 Å². The van der Waals surface area contributed by atoms with Crippen LogP contribution in [0.25, 0.3) is 0 Å². The van der Waals surface area contributed by atoms with E-state index in [4.69, 9.17) is 5.73 Å². The third-order valence-corrected chi connectivity index (χ3v) is 4.85. The molecule has 0 aromatic heterocycles. The molecule has 0 aliphatic heterocycles. The Bertz CT molecular complexity index is 592. The molecular weight excluding hydrogens is 336 g/mol. The van der Waals surface area contributed by atoms with Crippen molar-refractivity contribution < 1.29 is 26.0 Å². The second-order valence-corrected chi connectivity index (χ2v) is 6.24. The van der Waals surface area contributed by atoms with Gasteiger partial charge in [0, 0.05) is 19.6 Å². The molecule has 1 aromatic rings. The molecule has 4 nitrogen and oxygen atoms in total. The molecule has 1 aromatic carbocycles. The number of benzene rings is 1. The minimum atomic E-state index is -4.87. The maximum absolute atomic E-state index is 13.4. The second-order valence-electron chi connectivity index (χ2n) is 4.25. The normalized spacial score (nSPS) is 13.9. The fraction of sp³-hybridized carbons (Fsp3) is 0.455. The molecule has 1 unspecified atom stereocenters. The van der Waals surface area contributed by atoms with Crippen LogP contribution in [0, 0.1) is 5.82 Å². The summed E-state index contributed by atoms with van der Waals surface area (Å²) in [7, 11) is -2.86. The number of likely N-dealkylation sites (N-methyl/N-ethyl adjacent to an activating group) is 1. The van der Waals surface area contributed by atoms with E-state index in [1.54, 1.807) is 0 Å². The molecule has 1 atom stereocenters. The summed E-state index contributed by atoms with van der Waals surface area (Å²) < 4.78 is 75.6. The average Bonchev–Trinajstić information content (AvgIpc) is 2.35. The van der Waals surface area contributed by atoms with Gasteiger partial charge in [-0.2, -0.15) is 17.5 Å². The SMILES string of the molecule is CC(CN)N(C)S(=O)(=O)c1ccc(C(F)(F)F)c(F)c1.Cl. The van der Waals surface area contributed by atoms with Gasteiger partial charge in [-0.15, -0.1) is 12.4 Å². The van der Waals surface area contributed by atoms with Crippen LogP contribution in [0.4, 0.5) is 17.6 Å². The van der Waals surface area contributed by atoms with Crippen molar-refractivity contribution in [1.82, 2.24) is 4.31 Å². The highest BCUT2D eigenvalue weighted by molar-refractivity contribution is 7.89. The molecule has 0 amide bonds. The van der Waals surface area contributed by atoms with Crippen LogP contribution in [-0.4, -0.2) is 32.4 Å². The van der Waals surface area contributed by atoms with Gasteiger partial charge in [0.15, 0.2) is 0 Å². The van der Waals surface area contributed by atoms with E-state index >= 15 is 0 Å². The van der Waals surface area contributed by atoms with Gasteiger partial charge in [-0.3, -0.25) is 0 Å². The smallest absolute Gasteiger partial charge is 0.329 e. The van der Waals surface area contributed by atoms with Gasteiger partial charge < -0.3 is 5.73 Å². The average molecular weight is 351 g/mol. The van der Waals surface area contributed by atoms with E-state index in [1.807, 2.05) is 0 Å². The summed E-state index contributed by atoms with van der Waals surface area (Å²) in [5.41, 5.74) is 3.82. The van der Waals surface area contributed by atoms with Crippen molar-refractivity contribution in [3.63, 3.8) is 0 Å². The van der Waals surface area contributed by atoms with Gasteiger partial charge in [-0.1, -0.05) is 0 Å². The molecule has 0 bridgehead atoms. The van der Waals surface area contributed by atoms with E-state index in [-0.39, 0.29) is 19.0 Å². The van der Waals surface area contributed by atoms with Crippen molar-refractivity contribution in [3.8, 4) is 0 Å². The topological polar surface area (TPSA) is 63.4 Å². The molecule has 1 rings (SSSR count). The maximum atomic E-state index is 13.4. The molecule has 2 N–H and O–H groups in total. The Hall–Kier alpha value is -0.900. The summed E-state index contributed by atoms with van der Waals surface area (Å²) in [6.45, 7) is 1.55. The minimum Gasteiger partial charge on any atom is -0.329 e. The van der Waals surface area contributed by atoms with Crippen LogP contribution in [-0.2, 0) is 16.2 Å². The lowest BCUT2D eigenvalue weighted by Crippen LogP contribution is -2.39. The zero-order valence-electron chi connectivity index (χ0n) is 11.2. The molecule has 0 saturated heterocycles. The van der Waals surface area contributed by atoms with Crippen LogP contribution in [0.3, 0.4) is 0 Å². The number of nitrogens with zero attached hydrogens (tertiary/aromatic N) is 1. The van der Waals surface area contributed by atoms with Crippen molar-refractivity contribution in [3.05, 3.63) is 29.6 Å². The Labute approximate surface area is 126 Å². The first-order valence-corrected chi connectivity index (χ1v) is 7.00. The summed E-state index contributed by atoms with van der Waals surface area (Å²) in [4.78, 5) is -0.550. The molecule has 122 valence electrons. The van der Waals surface area contributed by atoms with E-state index in [0.29, 0.717) is 12.1 Å². The number of alkyl halides is 3. The second kappa shape index (κ2) is 6.91. The van der Waals surface area contributed by atoms with E-state index in [0.717, 1.165) is 10.4 Å². The largest absolute Gasteiger partial charge is 0.419 e. The lowest BCUT2D eigenvalue weighted by molar-refractivity contribution is -0.140. The third kappa shape index (κ3) is 4.29. The maximum Gasteiger partial charge on any atom is 0.419 e. The lowest BCUT2D eigenvalue weighted by atomic mass is 10.2. The number of halogens is 5. The van der Waals surface area contributed by atoms with Gasteiger partial charge in [-0.25, -0.2) is 12.8 Å². The van der Waals surface area contributed by atoms with E-state index < -0.39 is 38.5 Å². The molecule has 21 heavy (non-hydrogen) atoms. The first kappa shape index (κ1) is 20.1. The van der Waals surface area contributed by atoms with Gasteiger partial charge in [0.2, 0.25) is 10.0 Å². The van der Waals surface area contributed by atoms with Crippen LogP contribution in [0.5, 0.6) is 0 Å². The van der Waals surface area contributed by atoms with Crippen LogP contribution in [0.15, 0.2) is 23.1 Å². The molecule has 0 spiro atoms. The molecule has 0 aliphatic carbocycles. The number of sulfonamides is 1. The Morgan fingerprint density at radius 2 is 1.86 bits per heavy atom. The summed E-state index contributed by atoms with van der Waals surface area (Å²) in [5, 5.41) is 0. The van der Waals surface area contributed by atoms with Gasteiger partial charge in [0.1, 0.15) is 5.82 Å². The van der Waals surface area contributed by atoms with Gasteiger partial charge in [0.25, 0.3) is 0 Å². The van der Waals surface area contributed by atoms with Crippen molar-refractivity contribution in [1.29, 1.82) is 0 Å². The van der Waals surface area contributed by atoms with Gasteiger partial charge >= 0.3 is 6.18 Å². The molecule has 10 heteroatoms. The predicted octanol–water partition coefficient (Wildman–Crippen LogP) is 2.23. The van der Waals surface area contributed by atoms with Crippen molar-refractivity contribution in [2.24, 2.45) is 5.73 Å². The summed E-state index contributed by atoms with van der Waals surface area (Å²) >= 11 is 0. The van der Waals surface area contributed by atoms with Crippen molar-refractivity contribution in [2.75, 3.05) is 13.6 Å². The Morgan fingerprint density at radius 3 is 2.24 bits per heavy atom. The Morgan fingerprint density at radius 1 is 1.33 bits per heavy atom. The van der Waals surface area contributed by atoms with Gasteiger partial charge in [0.05, 0.1) is 10.5 Å². The summed E-state index contributed by atoms with van der Waals surface area (Å²) in [6.07, 6.45) is -4.87. The van der Waals surface area contributed by atoms with Crippen molar-refractivity contribution >= 4 is 22.4 Å². The molecule has 0 heterocycles. The highest BCUT2D eigenvalue weighted by Gasteiger charge is 2.35. The highest BCUT2D eigenvalue weighted by Crippen LogP contribution is 2.32. The Kier molecular flexibility index (Phi) is 6.61. The monoisotopic (exact) mass is 350 g/mol. The number of rotatable bonds is 4. The zero-order chi connectivity index (χ0) is 15.7. The third-order valence-electron chi connectivity index (χ3n) is 2.88. The Balaban J connectivity index is 0.00000400. The first-order chi connectivity index (χ1) is 9.01. The first-order valence-electron chi connectivity index (χ1n) is 5.56. The van der Waals surface area contributed by atoms with E-state index in [2.05, 4.69) is 0 Å². The molecule has 0 aliphatic rings. The number of hydrogen-bond donors (Lipinski definition) is 1. The quantitative estimate of drug-likeness (QED) is 0.847. The van der Waals surface area contributed by atoms with Crippen LogP contribution in [0.1, 0.15) is 12.5 Å². The number of hydrogen-bond acceptors (Lipinski definition) is 3. The molecule has 0 saturated carbocycles. The minimum absolute atomic E-state index is 0. The van der Waals surface area contributed by atoms with Crippen LogP contribution in [0.2, 0.25) is 0 Å². The number of nitrogens with two attached hydrogens (primary N) is 1. The molecule has 0 radical (unpaired) electrons. The predicted molar refractivity (Wildman–Crippen MR) is 72.1 cm³/mol. The molecular formula is C11H15ClF4N2O2S. The zero-order valence-corrected chi connectivity index (χ0v) is 12.8. The summed E-state index contributed by atoms with van der Waals surface area (Å²) in [5.74, 6) is -1.63. The van der Waals surface area contributed by atoms with Crippen LogP contribution >= 0.6 is 12.4 Å². The van der Waals surface area contributed by atoms with Crippen LogP contribution < -0.4 is 5.73 Å².